The summed E-state index contributed by atoms with van der Waals surface area (Å²) >= 11 is 0. The van der Waals surface area contributed by atoms with E-state index in [1.54, 1.807) is 11.5 Å². The lowest BCUT2D eigenvalue weighted by Crippen LogP contribution is -2.17. The molecule has 148 valence electrons. The summed E-state index contributed by atoms with van der Waals surface area (Å²) < 4.78 is 44.8. The van der Waals surface area contributed by atoms with Gasteiger partial charge in [-0.15, -0.1) is 0 Å². The minimum Gasteiger partial charge on any atom is -0.382 e. The fourth-order valence-electron chi connectivity index (χ4n) is 1.74. The normalized spacial score (nSPS) is 13.3. The van der Waals surface area contributed by atoms with Crippen molar-refractivity contribution < 1.29 is 32.1 Å². The molecule has 0 amide bonds. The molecule has 2 heterocycles. The van der Waals surface area contributed by atoms with Gasteiger partial charge in [-0.3, -0.25) is 9.12 Å². The number of hydrogen-bond donors (Lipinski definition) is 5. The Hall–Kier alpha value is -1.67. The van der Waals surface area contributed by atoms with Gasteiger partial charge < -0.3 is 30.6 Å². The van der Waals surface area contributed by atoms with Gasteiger partial charge in [0.05, 0.1) is 24.7 Å². The van der Waals surface area contributed by atoms with E-state index in [1.165, 1.54) is 12.7 Å². The predicted molar refractivity (Wildman–Crippen MR) is 92.7 cm³/mol. The summed E-state index contributed by atoms with van der Waals surface area (Å²) in [6, 6.07) is 0. The zero-order chi connectivity index (χ0) is 20.0. The van der Waals surface area contributed by atoms with Crippen molar-refractivity contribution in [3.63, 3.8) is 0 Å². The number of nitrogen functional groups attached to an aromatic ring is 1. The summed E-state index contributed by atoms with van der Waals surface area (Å²) in [4.78, 5) is 29.4. The van der Waals surface area contributed by atoms with Crippen LogP contribution in [0.2, 0.25) is 0 Å². The van der Waals surface area contributed by atoms with E-state index in [9.17, 15) is 13.0 Å². The fraction of sp³-hybridized carbons (Fsp3) is 0.545. The van der Waals surface area contributed by atoms with Crippen LogP contribution < -0.4 is 11.5 Å². The van der Waals surface area contributed by atoms with E-state index in [-0.39, 0.29) is 18.1 Å². The maximum Gasteiger partial charge on any atom is 0.350 e. The second-order valence-electron chi connectivity index (χ2n) is 5.17. The molecule has 0 aliphatic carbocycles. The lowest BCUT2D eigenvalue weighted by atomic mass is 10.4. The zero-order valence-corrected chi connectivity index (χ0v) is 15.5. The number of anilines is 1. The maximum absolute atomic E-state index is 10.7. The highest BCUT2D eigenvalue weighted by molar-refractivity contribution is 7.85. The number of rotatable bonds is 7. The maximum atomic E-state index is 10.7. The highest BCUT2D eigenvalue weighted by atomic mass is 32.2. The van der Waals surface area contributed by atoms with Crippen molar-refractivity contribution >= 4 is 34.7 Å². The third-order valence-corrected chi connectivity index (χ3v) is 4.02. The van der Waals surface area contributed by atoms with Crippen molar-refractivity contribution in [3.05, 3.63) is 12.7 Å². The van der Waals surface area contributed by atoms with Crippen LogP contribution in [-0.2, 0) is 26.0 Å². The van der Waals surface area contributed by atoms with E-state index < -0.39 is 30.2 Å². The second-order valence-corrected chi connectivity index (χ2v) is 8.33. The molecule has 2 aromatic rings. The molecule has 0 spiro atoms. The quantitative estimate of drug-likeness (QED) is 0.267. The molecule has 2 aromatic heterocycles. The Morgan fingerprint density at radius 2 is 2.00 bits per heavy atom. The van der Waals surface area contributed by atoms with Crippen molar-refractivity contribution in [3.8, 4) is 0 Å². The molecule has 0 unspecified atom stereocenters. The fourth-order valence-corrected chi connectivity index (χ4v) is 2.48. The summed E-state index contributed by atoms with van der Waals surface area (Å²) in [5, 5.41) is 0. The largest absolute Gasteiger partial charge is 0.382 e. The van der Waals surface area contributed by atoms with Gasteiger partial charge in [-0.1, -0.05) is 0 Å². The molecule has 26 heavy (non-hydrogen) atoms. The summed E-state index contributed by atoms with van der Waals surface area (Å²) in [7, 11) is -7.96. The lowest BCUT2D eigenvalue weighted by molar-refractivity contribution is 0.0764. The van der Waals surface area contributed by atoms with Crippen molar-refractivity contribution in [2.45, 2.75) is 19.6 Å². The van der Waals surface area contributed by atoms with E-state index >= 15 is 0 Å². The third-order valence-electron chi connectivity index (χ3n) is 2.79. The van der Waals surface area contributed by atoms with Crippen molar-refractivity contribution in [1.82, 2.24) is 19.5 Å². The van der Waals surface area contributed by atoms with Crippen LogP contribution in [0, 0.1) is 0 Å². The molecule has 13 nitrogen and oxygen atoms in total. The first-order valence-electron chi connectivity index (χ1n) is 7.15. The molecule has 2 rings (SSSR count). The molecule has 0 radical (unpaired) electrons. The van der Waals surface area contributed by atoms with E-state index in [1.807, 2.05) is 0 Å². The van der Waals surface area contributed by atoms with Crippen LogP contribution in [0.25, 0.3) is 11.2 Å². The topological polar surface area (TPSA) is 217 Å². The zero-order valence-electron chi connectivity index (χ0n) is 13.8. The molecule has 0 saturated carbocycles. The molecule has 0 saturated heterocycles. The van der Waals surface area contributed by atoms with Crippen LogP contribution in [0.4, 0.5) is 5.82 Å². The van der Waals surface area contributed by atoms with Crippen LogP contribution in [0.15, 0.2) is 12.7 Å². The Labute approximate surface area is 149 Å². The number of fused-ring (bicyclic) bond motifs is 1. The smallest absolute Gasteiger partial charge is 0.350 e. The molecule has 0 fully saturated rings. The van der Waals surface area contributed by atoms with E-state index in [2.05, 4.69) is 15.0 Å². The number of hydrogen-bond acceptors (Lipinski definition) is 9. The summed E-state index contributed by atoms with van der Waals surface area (Å²) in [5.74, 6) is -0.0694. The summed E-state index contributed by atoms with van der Waals surface area (Å²) in [5.41, 5.74) is 11.5. The van der Waals surface area contributed by atoms with E-state index in [0.717, 1.165) is 0 Å². The Balaban J connectivity index is 0.000000412. The van der Waals surface area contributed by atoms with Gasteiger partial charge in [0.15, 0.2) is 11.5 Å². The van der Waals surface area contributed by atoms with Gasteiger partial charge >= 0.3 is 7.60 Å². The van der Waals surface area contributed by atoms with Crippen LogP contribution in [-0.4, -0.2) is 67.0 Å². The predicted octanol–water partition coefficient (Wildman–Crippen LogP) is -1.22. The average molecular weight is 412 g/mol. The van der Waals surface area contributed by atoms with Gasteiger partial charge in [0.1, 0.15) is 18.2 Å². The molecule has 7 N–H and O–H groups in total. The van der Waals surface area contributed by atoms with Crippen molar-refractivity contribution in [1.29, 1.82) is 0 Å². The van der Waals surface area contributed by atoms with Gasteiger partial charge in [-0.2, -0.15) is 8.42 Å². The first kappa shape index (κ1) is 22.4. The second kappa shape index (κ2) is 9.32. The van der Waals surface area contributed by atoms with Gasteiger partial charge in [0.25, 0.3) is 10.1 Å². The highest BCUT2D eigenvalue weighted by Crippen LogP contribution is 2.34. The van der Waals surface area contributed by atoms with Gasteiger partial charge in [-0.25, -0.2) is 15.0 Å². The molecular weight excluding hydrogens is 391 g/mol. The Bertz CT molecular complexity index is 867. The number of imidazole rings is 1. The van der Waals surface area contributed by atoms with Crippen LogP contribution >= 0.6 is 7.60 Å². The minimum absolute atomic E-state index is 0.0289. The standard InChI is InChI=1S/C9H14N5O4P.C2H7NO3S/c1-6(18-5-19(15,16)17)2-14-4-13-7-8(10)11-3-12-9(7)14;3-1-2-7(4,5)6/h3-4,6H,2,5H2,1H3,(H2,10,11,12)(H2,15,16,17);1-3H2,(H,4,5,6)/t6-;/m1./s1. The van der Waals surface area contributed by atoms with Gasteiger partial charge in [-0.05, 0) is 6.92 Å². The highest BCUT2D eigenvalue weighted by Gasteiger charge is 2.16. The average Bonchev–Trinajstić information content (AvgIpc) is 2.89. The Morgan fingerprint density at radius 3 is 2.50 bits per heavy atom. The minimum atomic E-state index is -4.16. The molecule has 1 atom stereocenters. The molecular formula is C11H21N6O7PS. The third kappa shape index (κ3) is 8.14. The molecule has 15 heteroatoms. The number of ether oxygens (including phenoxy) is 1. The number of nitrogens with two attached hydrogens (primary N) is 2. The Kier molecular flexibility index (Phi) is 8.02. The summed E-state index contributed by atoms with van der Waals surface area (Å²) in [6.45, 7) is 2.03. The Morgan fingerprint density at radius 1 is 1.35 bits per heavy atom. The van der Waals surface area contributed by atoms with Gasteiger partial charge in [0.2, 0.25) is 0 Å². The summed E-state index contributed by atoms with van der Waals surface area (Å²) in [6.07, 6.45) is 1.85. The number of nitrogens with zero attached hydrogens (tertiary/aromatic N) is 4. The first-order valence-corrected chi connectivity index (χ1v) is 10.6. The first-order chi connectivity index (χ1) is 11.9. The van der Waals surface area contributed by atoms with E-state index in [0.29, 0.717) is 17.7 Å². The SMILES string of the molecule is C[C@H](Cn1cnc2c(N)ncnc21)OCP(=O)(O)O.NCCS(=O)(=O)O. The van der Waals surface area contributed by atoms with Crippen LogP contribution in [0.1, 0.15) is 6.92 Å². The number of aromatic nitrogens is 4. The van der Waals surface area contributed by atoms with Gasteiger partial charge in [0, 0.05) is 6.54 Å². The molecule has 0 bridgehead atoms. The van der Waals surface area contributed by atoms with Crippen LogP contribution in [0.3, 0.4) is 0 Å². The molecule has 0 aliphatic rings. The van der Waals surface area contributed by atoms with Crippen LogP contribution in [0.5, 0.6) is 0 Å². The molecule has 0 aromatic carbocycles. The monoisotopic (exact) mass is 412 g/mol. The lowest BCUT2D eigenvalue weighted by Gasteiger charge is -2.14. The van der Waals surface area contributed by atoms with Crippen molar-refractivity contribution in [2.24, 2.45) is 5.73 Å². The van der Waals surface area contributed by atoms with Crippen molar-refractivity contribution in [2.75, 3.05) is 24.4 Å². The van der Waals surface area contributed by atoms with E-state index in [4.69, 9.17) is 30.5 Å². The molecule has 0 aliphatic heterocycles.